The number of esters is 1. The first-order valence-corrected chi connectivity index (χ1v) is 20.9. The van der Waals surface area contributed by atoms with Gasteiger partial charge in [-0.1, -0.05) is 6.07 Å². The third kappa shape index (κ3) is 9.65. The Morgan fingerprint density at radius 1 is 0.667 bits per heavy atom. The lowest BCUT2D eigenvalue weighted by atomic mass is 10.2. The lowest BCUT2D eigenvalue weighted by Gasteiger charge is -2.36. The van der Waals surface area contributed by atoms with Crippen LogP contribution in [0.5, 0.6) is 5.75 Å². The predicted molar refractivity (Wildman–Crippen MR) is 219 cm³/mol. The fourth-order valence-corrected chi connectivity index (χ4v) is 9.00. The number of hydrogen-bond donors (Lipinski definition) is 0. The van der Waals surface area contributed by atoms with E-state index < -0.39 is 0 Å². The molecule has 284 valence electrons. The molecule has 0 N–H and O–H groups in total. The maximum Gasteiger partial charge on any atom is 0.316 e. The van der Waals surface area contributed by atoms with E-state index in [2.05, 4.69) is 57.1 Å². The maximum absolute atomic E-state index is 11.9. The van der Waals surface area contributed by atoms with Crippen molar-refractivity contribution in [3.8, 4) is 5.75 Å². The molecule has 3 aliphatic rings. The minimum Gasteiger partial charge on any atom is -0.426 e. The smallest absolute Gasteiger partial charge is 0.316 e. The van der Waals surface area contributed by atoms with Gasteiger partial charge in [-0.05, 0) is 55.6 Å². The second kappa shape index (κ2) is 17.6. The summed E-state index contributed by atoms with van der Waals surface area (Å²) in [5.74, 6) is 2.29. The maximum atomic E-state index is 11.9. The lowest BCUT2D eigenvalue weighted by molar-refractivity contribution is -0.133. The largest absolute Gasteiger partial charge is 0.426 e. The molecule has 0 unspecified atom stereocenters. The fourth-order valence-electron chi connectivity index (χ4n) is 6.59. The van der Waals surface area contributed by atoms with Crippen molar-refractivity contribution in [3.05, 3.63) is 81.1 Å². The molecule has 1 aromatic carbocycles. The molecule has 7 heterocycles. The third-order valence-corrected chi connectivity index (χ3v) is 12.5. The monoisotopic (exact) mass is 786 g/mol. The highest BCUT2D eigenvalue weighted by Gasteiger charge is 2.24. The van der Waals surface area contributed by atoms with Gasteiger partial charge < -0.3 is 34.1 Å². The van der Waals surface area contributed by atoms with E-state index in [1.807, 2.05) is 65.9 Å². The number of carbonyl (C=O) groups excluding carboxylic acids is 2. The van der Waals surface area contributed by atoms with Gasteiger partial charge in [0.2, 0.25) is 11.9 Å². The average Bonchev–Trinajstić information content (AvgIpc) is 3.99. The number of carbonyl (C=O) groups is 2. The van der Waals surface area contributed by atoms with Gasteiger partial charge in [-0.3, -0.25) is 9.59 Å². The molecule has 3 fully saturated rings. The number of nitrogens with zero attached hydrogens (tertiary/aromatic N) is 10. The van der Waals surface area contributed by atoms with Crippen molar-refractivity contribution in [2.45, 2.75) is 27.2 Å². The van der Waals surface area contributed by atoms with Crippen molar-refractivity contribution >= 4 is 73.6 Å². The Labute approximate surface area is 328 Å². The van der Waals surface area contributed by atoms with E-state index >= 15 is 0 Å². The molecule has 5 aromatic rings. The molecule has 16 heteroatoms. The summed E-state index contributed by atoms with van der Waals surface area (Å²) in [4.78, 5) is 56.4. The predicted octanol–water partition coefficient (Wildman–Crippen LogP) is 5.22. The Balaban J connectivity index is 0.000000171. The Hall–Kier alpha value is -4.80. The van der Waals surface area contributed by atoms with Crippen LogP contribution >= 0.6 is 34.0 Å². The van der Waals surface area contributed by atoms with Gasteiger partial charge in [0.15, 0.2) is 10.3 Å². The number of benzene rings is 1. The molecular weight excluding hydrogens is 741 g/mol. The summed E-state index contributed by atoms with van der Waals surface area (Å²) in [5, 5.41) is 8.43. The second-order valence-corrected chi connectivity index (χ2v) is 16.1. The summed E-state index contributed by atoms with van der Waals surface area (Å²) in [6.45, 7) is 16.4. The fraction of sp³-hybridized carbons (Fsp3) is 0.421. The van der Waals surface area contributed by atoms with Crippen molar-refractivity contribution in [3.63, 3.8) is 0 Å². The number of ether oxygens (including phenoxy) is 1. The molecule has 3 aliphatic heterocycles. The number of thiophene rings is 1. The minimum absolute atomic E-state index is 0.127. The van der Waals surface area contributed by atoms with E-state index in [0.717, 1.165) is 123 Å². The van der Waals surface area contributed by atoms with Gasteiger partial charge in [0.05, 0.1) is 17.8 Å². The average molecular weight is 787 g/mol. The molecule has 1 amide bonds. The summed E-state index contributed by atoms with van der Waals surface area (Å²) < 4.78 is 5.37. The number of aryl methyl sites for hydroxylation is 2. The van der Waals surface area contributed by atoms with E-state index in [-0.39, 0.29) is 11.9 Å². The number of piperazine rings is 3. The number of hydrogen-bond acceptors (Lipinski definition) is 15. The highest BCUT2D eigenvalue weighted by molar-refractivity contribution is 7.14. The standard InChI is InChI=1S/C20H26N8S2.C18H20N2O3S/c1-15-13-29-19(22-15)27-9-5-25(6-10-27)17-3-4-21-18(24-17)26-7-11-28(12-8-26)20-23-16(2)14-30-20;1-14(21)19-8-10-20(11-9-19)15-4-6-16(7-5-15)23-18(22)13-17-3-2-12-24-17/h3-4,13-14H,5-12H2,1-2H3;2-7,12H,8-11,13H2,1H3. The number of aromatic nitrogens is 4. The van der Waals surface area contributed by atoms with Gasteiger partial charge in [-0.25, -0.2) is 15.0 Å². The molecule has 3 saturated heterocycles. The number of anilines is 5. The van der Waals surface area contributed by atoms with Crippen LogP contribution in [0.1, 0.15) is 23.2 Å². The molecule has 0 aliphatic carbocycles. The first-order chi connectivity index (χ1) is 26.3. The Kier molecular flexibility index (Phi) is 12.2. The summed E-state index contributed by atoms with van der Waals surface area (Å²) in [6.07, 6.45) is 2.19. The summed E-state index contributed by atoms with van der Waals surface area (Å²) in [6, 6.07) is 13.4. The van der Waals surface area contributed by atoms with Crippen LogP contribution in [0.25, 0.3) is 0 Å². The number of amides is 1. The van der Waals surface area contributed by atoms with Gasteiger partial charge in [0.25, 0.3) is 0 Å². The molecule has 0 radical (unpaired) electrons. The van der Waals surface area contributed by atoms with Crippen LogP contribution in [0.3, 0.4) is 0 Å². The highest BCUT2D eigenvalue weighted by atomic mass is 32.1. The van der Waals surface area contributed by atoms with Crippen LogP contribution in [-0.2, 0) is 16.0 Å². The molecule has 13 nitrogen and oxygen atoms in total. The summed E-state index contributed by atoms with van der Waals surface area (Å²) in [7, 11) is 0. The van der Waals surface area contributed by atoms with Crippen molar-refractivity contribution in [1.82, 2.24) is 24.8 Å². The van der Waals surface area contributed by atoms with E-state index in [9.17, 15) is 9.59 Å². The number of rotatable bonds is 8. The first kappa shape index (κ1) is 37.5. The van der Waals surface area contributed by atoms with Crippen molar-refractivity contribution in [1.29, 1.82) is 0 Å². The zero-order valence-electron chi connectivity index (χ0n) is 31.0. The molecule has 54 heavy (non-hydrogen) atoms. The molecule has 8 rings (SSSR count). The van der Waals surface area contributed by atoms with Crippen LogP contribution in [0.4, 0.5) is 27.7 Å². The van der Waals surface area contributed by atoms with Gasteiger partial charge in [-0.15, -0.1) is 34.0 Å². The summed E-state index contributed by atoms with van der Waals surface area (Å²) >= 11 is 5.01. The first-order valence-electron chi connectivity index (χ1n) is 18.3. The Morgan fingerprint density at radius 2 is 1.24 bits per heavy atom. The molecule has 0 saturated carbocycles. The van der Waals surface area contributed by atoms with Gasteiger partial charge in [0, 0.05) is 113 Å². The SMILES string of the molecule is CC(=O)N1CCN(c2ccc(OC(=O)Cc3cccs3)cc2)CC1.Cc1csc(N2CCN(c3ccnc(N4CCN(c5nc(C)cs5)CC4)n3)CC2)n1. The molecule has 0 atom stereocenters. The van der Waals surface area contributed by atoms with Crippen LogP contribution < -0.4 is 29.2 Å². The van der Waals surface area contributed by atoms with E-state index in [4.69, 9.17) is 9.72 Å². The van der Waals surface area contributed by atoms with Crippen molar-refractivity contribution < 1.29 is 14.3 Å². The van der Waals surface area contributed by atoms with Crippen LogP contribution in [0.15, 0.2) is 64.8 Å². The Bertz CT molecular complexity index is 1890. The van der Waals surface area contributed by atoms with Crippen molar-refractivity contribution in [2.75, 3.05) is 103 Å². The highest BCUT2D eigenvalue weighted by Crippen LogP contribution is 2.26. The van der Waals surface area contributed by atoms with E-state index in [1.54, 1.807) is 40.9 Å². The molecule has 4 aromatic heterocycles. The zero-order chi connectivity index (χ0) is 37.4. The second-order valence-electron chi connectivity index (χ2n) is 13.4. The van der Waals surface area contributed by atoms with Gasteiger partial charge >= 0.3 is 5.97 Å². The van der Waals surface area contributed by atoms with E-state index in [1.165, 1.54) is 0 Å². The van der Waals surface area contributed by atoms with Crippen LogP contribution in [0, 0.1) is 13.8 Å². The van der Waals surface area contributed by atoms with Gasteiger partial charge in [-0.2, -0.15) is 4.98 Å². The van der Waals surface area contributed by atoms with E-state index in [0.29, 0.717) is 12.2 Å². The molecular formula is C38H46N10O3S3. The van der Waals surface area contributed by atoms with Gasteiger partial charge in [0.1, 0.15) is 11.6 Å². The lowest BCUT2D eigenvalue weighted by Crippen LogP contribution is -2.48. The van der Waals surface area contributed by atoms with Crippen LogP contribution in [0.2, 0.25) is 0 Å². The molecule has 0 spiro atoms. The molecule has 0 bridgehead atoms. The zero-order valence-corrected chi connectivity index (χ0v) is 33.4. The van der Waals surface area contributed by atoms with Crippen LogP contribution in [-0.4, -0.2) is 115 Å². The normalized spacial score (nSPS) is 16.3. The third-order valence-electron chi connectivity index (χ3n) is 9.61. The minimum atomic E-state index is -0.250. The van der Waals surface area contributed by atoms with Crippen molar-refractivity contribution in [2.24, 2.45) is 0 Å². The number of thiazole rings is 2. The summed E-state index contributed by atoms with van der Waals surface area (Å²) in [5.41, 5.74) is 3.28. The topological polar surface area (TPSA) is 114 Å². The Morgan fingerprint density at radius 3 is 1.78 bits per heavy atom. The quantitative estimate of drug-likeness (QED) is 0.152.